The van der Waals surface area contributed by atoms with Gasteiger partial charge in [0.25, 0.3) is 0 Å². The van der Waals surface area contributed by atoms with Crippen LogP contribution in [0.3, 0.4) is 0 Å². The minimum absolute atomic E-state index is 0.208. The molecule has 1 unspecified atom stereocenters. The Labute approximate surface area is 129 Å². The molecule has 0 fully saturated rings. The van der Waals surface area contributed by atoms with Gasteiger partial charge < -0.3 is 5.32 Å². The number of hydrogen-bond acceptors (Lipinski definition) is 3. The molecule has 0 aliphatic rings. The lowest BCUT2D eigenvalue weighted by Gasteiger charge is -2.18. The van der Waals surface area contributed by atoms with Crippen LogP contribution in [0.2, 0.25) is 5.02 Å². The van der Waals surface area contributed by atoms with E-state index in [1.807, 2.05) is 6.07 Å². The van der Waals surface area contributed by atoms with Crippen molar-refractivity contribution in [2.24, 2.45) is 0 Å². The highest BCUT2D eigenvalue weighted by Gasteiger charge is 2.21. The van der Waals surface area contributed by atoms with Crippen molar-refractivity contribution in [1.29, 1.82) is 0 Å². The second kappa shape index (κ2) is 6.53. The van der Waals surface area contributed by atoms with E-state index < -0.39 is 0 Å². The summed E-state index contributed by atoms with van der Waals surface area (Å²) >= 11 is 13.3. The average molecular weight is 365 g/mol. The van der Waals surface area contributed by atoms with Crippen molar-refractivity contribution in [3.8, 4) is 0 Å². The zero-order valence-corrected chi connectivity index (χ0v) is 14.3. The first-order valence-electron chi connectivity index (χ1n) is 5.85. The quantitative estimate of drug-likeness (QED) is 0.725. The molecule has 1 atom stereocenters. The topological polar surface area (TPSA) is 12.0 Å². The van der Waals surface area contributed by atoms with Gasteiger partial charge in [-0.25, -0.2) is 0 Å². The average Bonchev–Trinajstić information content (AvgIpc) is 2.87. The largest absolute Gasteiger partial charge is 0.306 e. The molecule has 5 heteroatoms. The maximum absolute atomic E-state index is 6.28. The van der Waals surface area contributed by atoms with Gasteiger partial charge in [-0.2, -0.15) is 0 Å². The highest BCUT2D eigenvalue weighted by molar-refractivity contribution is 9.11. The van der Waals surface area contributed by atoms with Gasteiger partial charge in [0.05, 0.1) is 14.9 Å². The number of aryl methyl sites for hydroxylation is 1. The highest BCUT2D eigenvalue weighted by Crippen LogP contribution is 2.38. The Kier molecular flexibility index (Phi) is 5.27. The number of rotatable bonds is 5. The fourth-order valence-electron chi connectivity index (χ4n) is 1.89. The fourth-order valence-corrected chi connectivity index (χ4v) is 4.90. The van der Waals surface area contributed by atoms with E-state index in [4.69, 9.17) is 11.6 Å². The summed E-state index contributed by atoms with van der Waals surface area (Å²) in [5, 5.41) is 6.50. The first-order chi connectivity index (χ1) is 8.63. The van der Waals surface area contributed by atoms with Crippen LogP contribution >= 0.6 is 50.2 Å². The monoisotopic (exact) mass is 363 g/mol. The van der Waals surface area contributed by atoms with Crippen LogP contribution in [-0.2, 0) is 0 Å². The Bertz CT molecular complexity index is 521. The van der Waals surface area contributed by atoms with Crippen molar-refractivity contribution < 1.29 is 0 Å². The molecule has 18 heavy (non-hydrogen) atoms. The Hall–Kier alpha value is 0.130. The van der Waals surface area contributed by atoms with Gasteiger partial charge in [0, 0.05) is 9.75 Å². The molecule has 0 amide bonds. The van der Waals surface area contributed by atoms with E-state index >= 15 is 0 Å². The summed E-state index contributed by atoms with van der Waals surface area (Å²) in [5.74, 6) is 0. The van der Waals surface area contributed by atoms with Gasteiger partial charge in [0.1, 0.15) is 0 Å². The van der Waals surface area contributed by atoms with Crippen molar-refractivity contribution in [2.45, 2.75) is 26.3 Å². The van der Waals surface area contributed by atoms with Gasteiger partial charge >= 0.3 is 0 Å². The van der Waals surface area contributed by atoms with Crippen LogP contribution in [0.15, 0.2) is 21.3 Å². The molecule has 0 saturated carbocycles. The maximum atomic E-state index is 6.28. The van der Waals surface area contributed by atoms with E-state index in [1.54, 1.807) is 22.7 Å². The van der Waals surface area contributed by atoms with Gasteiger partial charge in [-0.1, -0.05) is 18.5 Å². The second-order valence-corrected chi connectivity index (χ2v) is 8.07. The molecule has 2 aromatic rings. The van der Waals surface area contributed by atoms with E-state index in [0.29, 0.717) is 0 Å². The van der Waals surface area contributed by atoms with Crippen LogP contribution in [0.5, 0.6) is 0 Å². The van der Waals surface area contributed by atoms with Gasteiger partial charge in [-0.3, -0.25) is 0 Å². The van der Waals surface area contributed by atoms with Crippen LogP contribution < -0.4 is 5.32 Å². The van der Waals surface area contributed by atoms with Crippen LogP contribution in [0.4, 0.5) is 0 Å². The number of nitrogens with one attached hydrogen (secondary N) is 1. The molecule has 1 nitrogen and oxygen atoms in total. The van der Waals surface area contributed by atoms with E-state index in [2.05, 4.69) is 46.5 Å². The molecule has 0 radical (unpaired) electrons. The maximum Gasteiger partial charge on any atom is 0.0704 e. The van der Waals surface area contributed by atoms with Crippen molar-refractivity contribution in [3.63, 3.8) is 0 Å². The fraction of sp³-hybridized carbons (Fsp3) is 0.385. The molecule has 0 spiro atoms. The van der Waals surface area contributed by atoms with Crippen LogP contribution in [0, 0.1) is 6.92 Å². The summed E-state index contributed by atoms with van der Waals surface area (Å²) in [4.78, 5) is 2.54. The minimum atomic E-state index is 0.208. The van der Waals surface area contributed by atoms with Gasteiger partial charge in [-0.05, 0) is 58.9 Å². The molecule has 2 aromatic heterocycles. The molecular formula is C13H15BrClNS2. The molecule has 98 valence electrons. The zero-order chi connectivity index (χ0) is 13.1. The smallest absolute Gasteiger partial charge is 0.0704 e. The summed E-state index contributed by atoms with van der Waals surface area (Å²) in [6.45, 7) is 5.33. The second-order valence-electron chi connectivity index (χ2n) is 4.08. The lowest BCUT2D eigenvalue weighted by Crippen LogP contribution is -2.22. The third-order valence-corrected chi connectivity index (χ3v) is 5.74. The van der Waals surface area contributed by atoms with Gasteiger partial charge in [-0.15, -0.1) is 22.7 Å². The Morgan fingerprint density at radius 1 is 1.50 bits per heavy atom. The summed E-state index contributed by atoms with van der Waals surface area (Å²) in [6.07, 6.45) is 1.11. The molecular weight excluding hydrogens is 350 g/mol. The van der Waals surface area contributed by atoms with Crippen molar-refractivity contribution in [1.82, 2.24) is 5.32 Å². The predicted molar refractivity (Wildman–Crippen MR) is 86.2 cm³/mol. The van der Waals surface area contributed by atoms with Crippen molar-refractivity contribution in [3.05, 3.63) is 41.6 Å². The number of halogens is 2. The summed E-state index contributed by atoms with van der Waals surface area (Å²) in [5.41, 5.74) is 1.32. The molecule has 0 bridgehead atoms. The van der Waals surface area contributed by atoms with Crippen molar-refractivity contribution >= 4 is 50.2 Å². The van der Waals surface area contributed by atoms with E-state index in [9.17, 15) is 0 Å². The van der Waals surface area contributed by atoms with E-state index in [0.717, 1.165) is 18.0 Å². The molecule has 0 aliphatic heterocycles. The van der Waals surface area contributed by atoms with Crippen LogP contribution in [0.25, 0.3) is 0 Å². The van der Waals surface area contributed by atoms with Crippen LogP contribution in [0.1, 0.15) is 34.7 Å². The first kappa shape index (κ1) is 14.5. The molecule has 0 aliphatic carbocycles. The SMILES string of the molecule is CCCNC(c1cc(Br)sc1C)c1sccc1Cl. The number of thiophene rings is 2. The molecule has 0 aromatic carbocycles. The first-order valence-corrected chi connectivity index (χ1v) is 8.72. The van der Waals surface area contributed by atoms with Gasteiger partial charge in [0.2, 0.25) is 0 Å². The Morgan fingerprint density at radius 2 is 2.28 bits per heavy atom. The minimum Gasteiger partial charge on any atom is -0.306 e. The van der Waals surface area contributed by atoms with E-state index in [-0.39, 0.29) is 6.04 Å². The van der Waals surface area contributed by atoms with Gasteiger partial charge in [0.15, 0.2) is 0 Å². The summed E-state index contributed by atoms with van der Waals surface area (Å²) in [6, 6.07) is 4.38. The Morgan fingerprint density at radius 3 is 2.78 bits per heavy atom. The third-order valence-electron chi connectivity index (χ3n) is 2.74. The van der Waals surface area contributed by atoms with Crippen LogP contribution in [-0.4, -0.2) is 6.54 Å². The highest BCUT2D eigenvalue weighted by atomic mass is 79.9. The normalized spacial score (nSPS) is 12.9. The predicted octanol–water partition coefficient (Wildman–Crippen LogP) is 5.62. The summed E-state index contributed by atoms with van der Waals surface area (Å²) in [7, 11) is 0. The molecule has 1 N–H and O–H groups in total. The van der Waals surface area contributed by atoms with E-state index in [1.165, 1.54) is 19.1 Å². The summed E-state index contributed by atoms with van der Waals surface area (Å²) < 4.78 is 1.17. The lowest BCUT2D eigenvalue weighted by molar-refractivity contribution is 0.605. The Balaban J connectivity index is 2.37. The lowest BCUT2D eigenvalue weighted by atomic mass is 10.1. The van der Waals surface area contributed by atoms with Crippen molar-refractivity contribution in [2.75, 3.05) is 6.54 Å². The molecule has 2 heterocycles. The zero-order valence-electron chi connectivity index (χ0n) is 10.3. The molecule has 2 rings (SSSR count). The third kappa shape index (κ3) is 3.17. The number of hydrogen-bond donors (Lipinski definition) is 1. The molecule has 0 saturated heterocycles. The standard InChI is InChI=1S/C13H15BrClNS2/c1-3-5-16-12(13-10(15)4-6-17-13)9-7-11(14)18-8(9)2/h4,6-7,12,16H,3,5H2,1-2H3.